The second-order valence-corrected chi connectivity index (χ2v) is 6.05. The molecule has 144 valence electrons. The number of benzene rings is 2. The Morgan fingerprint density at radius 2 is 1.82 bits per heavy atom. The van der Waals surface area contributed by atoms with Crippen LogP contribution in [0.25, 0.3) is 12.2 Å². The highest BCUT2D eigenvalue weighted by Crippen LogP contribution is 2.16. The van der Waals surface area contributed by atoms with E-state index in [0.717, 1.165) is 23.5 Å². The van der Waals surface area contributed by atoms with E-state index in [1.165, 1.54) is 6.26 Å². The lowest BCUT2D eigenvalue weighted by Gasteiger charge is -2.03. The highest BCUT2D eigenvalue weighted by atomic mass is 16.6. The van der Waals surface area contributed by atoms with Gasteiger partial charge in [0.1, 0.15) is 31.3 Å². The zero-order chi connectivity index (χ0) is 19.6. The van der Waals surface area contributed by atoms with Gasteiger partial charge in [0, 0.05) is 0 Å². The van der Waals surface area contributed by atoms with Crippen LogP contribution in [0.1, 0.15) is 11.1 Å². The Morgan fingerprint density at radius 1 is 1.11 bits per heavy atom. The molecule has 2 aliphatic heterocycles. The normalized spacial score (nSPS) is 16.1. The quantitative estimate of drug-likeness (QED) is 0.508. The predicted octanol–water partition coefficient (Wildman–Crippen LogP) is 4.22. The van der Waals surface area contributed by atoms with Crippen molar-refractivity contribution in [1.82, 2.24) is 0 Å². The van der Waals surface area contributed by atoms with Gasteiger partial charge >= 0.3 is 5.97 Å². The van der Waals surface area contributed by atoms with Gasteiger partial charge in [0.15, 0.2) is 0 Å². The van der Waals surface area contributed by atoms with E-state index in [-0.39, 0.29) is 6.61 Å². The summed E-state index contributed by atoms with van der Waals surface area (Å²) in [5.41, 5.74) is 2.19. The summed E-state index contributed by atoms with van der Waals surface area (Å²) >= 11 is 0. The van der Waals surface area contributed by atoms with Gasteiger partial charge in [0.2, 0.25) is 5.76 Å². The van der Waals surface area contributed by atoms with Crippen molar-refractivity contribution in [3.8, 4) is 5.75 Å². The first-order valence-electron chi connectivity index (χ1n) is 8.97. The van der Waals surface area contributed by atoms with Crippen molar-refractivity contribution >= 4 is 18.1 Å². The van der Waals surface area contributed by atoms with Crippen LogP contribution in [0.2, 0.25) is 0 Å². The highest BCUT2D eigenvalue weighted by Gasteiger charge is 2.23. The van der Waals surface area contributed by atoms with Gasteiger partial charge in [-0.2, -0.15) is 0 Å². The van der Waals surface area contributed by atoms with Gasteiger partial charge in [0.05, 0.1) is 6.61 Å². The molecule has 0 aliphatic carbocycles. The highest BCUT2D eigenvalue weighted by molar-refractivity contribution is 5.88. The monoisotopic (exact) mass is 378 g/mol. The third kappa shape index (κ3) is 7.13. The van der Waals surface area contributed by atoms with Crippen LogP contribution < -0.4 is 4.74 Å². The van der Waals surface area contributed by atoms with Crippen LogP contribution >= 0.6 is 0 Å². The van der Waals surface area contributed by atoms with E-state index >= 15 is 0 Å². The summed E-state index contributed by atoms with van der Waals surface area (Å²) in [6.45, 7) is 5.44. The minimum Gasteiger partial charge on any atom is -0.491 e. The molecule has 2 aromatic rings. The fourth-order valence-corrected chi connectivity index (χ4v) is 2.12. The molecule has 0 N–H and O–H groups in total. The molecule has 28 heavy (non-hydrogen) atoms. The molecule has 1 atom stereocenters. The van der Waals surface area contributed by atoms with Gasteiger partial charge in [-0.15, -0.1) is 0 Å². The third-order valence-corrected chi connectivity index (χ3v) is 3.81. The molecule has 0 saturated carbocycles. The Kier molecular flexibility index (Phi) is 7.04. The topological polar surface area (TPSA) is 60.6 Å². The molecule has 2 heterocycles. The maximum absolute atomic E-state index is 11.0. The molecule has 2 aliphatic rings. The van der Waals surface area contributed by atoms with Crippen molar-refractivity contribution in [2.24, 2.45) is 0 Å². The molecule has 2 aromatic carbocycles. The first-order valence-corrected chi connectivity index (χ1v) is 8.97. The zero-order valence-corrected chi connectivity index (χ0v) is 15.5. The Hall–Kier alpha value is -3.31. The van der Waals surface area contributed by atoms with E-state index in [1.807, 2.05) is 66.7 Å². The van der Waals surface area contributed by atoms with Crippen molar-refractivity contribution in [3.63, 3.8) is 0 Å². The fraction of sp³-hybridized carbons (Fsp3) is 0.174. The van der Waals surface area contributed by atoms with E-state index in [4.69, 9.17) is 14.2 Å². The number of epoxide rings is 1. The standard InChI is InChI=1S/C12H10O3.C11H12O2/c13-12(11-9-15-11)14-8-4-7-10-5-2-1-3-6-10;1-2-9-3-5-10(6-4-9)12-7-11-8-13-11/h1-7,9H,8H2;2-6,11H,1,7-8H2. The summed E-state index contributed by atoms with van der Waals surface area (Å²) in [4.78, 5) is 11.0. The Bertz CT molecular complexity index is 833. The fourth-order valence-electron chi connectivity index (χ4n) is 2.12. The maximum atomic E-state index is 11.0. The molecule has 0 spiro atoms. The first-order chi connectivity index (χ1) is 13.7. The van der Waals surface area contributed by atoms with Crippen LogP contribution in [0.3, 0.4) is 0 Å². The number of carbonyl (C=O) groups is 1. The SMILES string of the molecule is C=Cc1ccc(OCC2CO2)cc1.O=C(OCC=Cc1ccccc1)C1=CO1. The molecule has 1 fully saturated rings. The summed E-state index contributed by atoms with van der Waals surface area (Å²) in [7, 11) is 0. The van der Waals surface area contributed by atoms with Crippen LogP contribution in [-0.2, 0) is 19.0 Å². The van der Waals surface area contributed by atoms with E-state index in [9.17, 15) is 4.79 Å². The number of esters is 1. The second-order valence-electron chi connectivity index (χ2n) is 6.05. The molecule has 4 rings (SSSR count). The molecular formula is C23H22O5. The smallest absolute Gasteiger partial charge is 0.377 e. The molecule has 0 bridgehead atoms. The van der Waals surface area contributed by atoms with E-state index in [0.29, 0.717) is 18.5 Å². The van der Waals surface area contributed by atoms with E-state index in [1.54, 1.807) is 6.08 Å². The second kappa shape index (κ2) is 10.1. The summed E-state index contributed by atoms with van der Waals surface area (Å²) in [6.07, 6.45) is 7.18. The van der Waals surface area contributed by atoms with E-state index in [2.05, 4.69) is 11.3 Å². The predicted molar refractivity (Wildman–Crippen MR) is 107 cm³/mol. The summed E-state index contributed by atoms with van der Waals surface area (Å²) in [6, 6.07) is 17.7. The van der Waals surface area contributed by atoms with Gasteiger partial charge in [-0.25, -0.2) is 4.79 Å². The largest absolute Gasteiger partial charge is 0.491 e. The molecule has 1 saturated heterocycles. The molecule has 1 unspecified atom stereocenters. The average molecular weight is 378 g/mol. The molecular weight excluding hydrogens is 356 g/mol. The molecule has 5 nitrogen and oxygen atoms in total. The lowest BCUT2D eigenvalue weighted by molar-refractivity contribution is -0.138. The van der Waals surface area contributed by atoms with Gasteiger partial charge < -0.3 is 18.9 Å². The molecule has 0 amide bonds. The van der Waals surface area contributed by atoms with Gasteiger partial charge in [-0.3, -0.25) is 0 Å². The Balaban J connectivity index is 0.000000162. The van der Waals surface area contributed by atoms with Crippen LogP contribution in [0.15, 0.2) is 79.3 Å². The summed E-state index contributed by atoms with van der Waals surface area (Å²) in [5, 5.41) is 0. The number of hydrogen-bond donors (Lipinski definition) is 0. The van der Waals surface area contributed by atoms with Crippen molar-refractivity contribution in [1.29, 1.82) is 0 Å². The Labute approximate surface area is 164 Å². The van der Waals surface area contributed by atoms with Crippen LogP contribution in [-0.4, -0.2) is 31.9 Å². The summed E-state index contributed by atoms with van der Waals surface area (Å²) < 4.78 is 20.0. The van der Waals surface area contributed by atoms with Crippen LogP contribution in [0.5, 0.6) is 5.75 Å². The number of carbonyl (C=O) groups excluding carboxylic acids is 1. The van der Waals surface area contributed by atoms with Crippen molar-refractivity contribution in [3.05, 3.63) is 90.4 Å². The van der Waals surface area contributed by atoms with Crippen molar-refractivity contribution in [2.45, 2.75) is 6.10 Å². The number of hydrogen-bond acceptors (Lipinski definition) is 5. The molecule has 0 aromatic heterocycles. The van der Waals surface area contributed by atoms with Crippen molar-refractivity contribution < 1.29 is 23.7 Å². The maximum Gasteiger partial charge on any atom is 0.377 e. The zero-order valence-electron chi connectivity index (χ0n) is 15.5. The minimum atomic E-state index is -0.410. The third-order valence-electron chi connectivity index (χ3n) is 3.81. The van der Waals surface area contributed by atoms with Crippen LogP contribution in [0, 0.1) is 0 Å². The Morgan fingerprint density at radius 3 is 2.43 bits per heavy atom. The van der Waals surface area contributed by atoms with E-state index < -0.39 is 5.97 Å². The lowest BCUT2D eigenvalue weighted by atomic mass is 10.2. The van der Waals surface area contributed by atoms with Crippen LogP contribution in [0.4, 0.5) is 0 Å². The summed E-state index contributed by atoms with van der Waals surface area (Å²) in [5.74, 6) is 0.775. The van der Waals surface area contributed by atoms with Gasteiger partial charge in [-0.1, -0.05) is 61.2 Å². The average Bonchev–Trinajstić information content (AvgIpc) is 3.65. The first kappa shape index (κ1) is 19.5. The van der Waals surface area contributed by atoms with Crippen molar-refractivity contribution in [2.75, 3.05) is 19.8 Å². The number of ether oxygens (including phenoxy) is 4. The number of rotatable bonds is 8. The minimum absolute atomic E-state index is 0.258. The van der Waals surface area contributed by atoms with Gasteiger partial charge in [0.25, 0.3) is 0 Å². The molecule has 0 radical (unpaired) electrons. The van der Waals surface area contributed by atoms with Gasteiger partial charge in [-0.05, 0) is 29.3 Å². The molecule has 5 heteroatoms. The lowest BCUT2D eigenvalue weighted by Crippen LogP contribution is -2.03.